The Bertz CT molecular complexity index is 321. The first-order valence-corrected chi connectivity index (χ1v) is 5.57. The molecule has 0 unspecified atom stereocenters. The van der Waals surface area contributed by atoms with Crippen LogP contribution in [0.1, 0.15) is 24.8 Å². The minimum Gasteiger partial charge on any atom is -0.438 e. The summed E-state index contributed by atoms with van der Waals surface area (Å²) in [5.74, 6) is 0. The van der Waals surface area contributed by atoms with Crippen LogP contribution in [-0.4, -0.2) is 23.6 Å². The van der Waals surface area contributed by atoms with Gasteiger partial charge in [-0.15, -0.1) is 11.3 Å². The van der Waals surface area contributed by atoms with Gasteiger partial charge in [0.1, 0.15) is 0 Å². The third-order valence-electron chi connectivity index (χ3n) is 2.32. The molecule has 0 bridgehead atoms. The van der Waals surface area contributed by atoms with E-state index in [1.807, 2.05) is 31.4 Å². The standard InChI is InChI=1S/C10H13NO2S/c1-7(2)11-6-8(13-10(11)12)9-4-3-5-14-9/h3-5,7-8H,6H2,1-2H3/t8-/m0/s1. The van der Waals surface area contributed by atoms with Gasteiger partial charge >= 0.3 is 6.09 Å². The third kappa shape index (κ3) is 1.62. The van der Waals surface area contributed by atoms with Gasteiger partial charge in [0, 0.05) is 10.9 Å². The van der Waals surface area contributed by atoms with E-state index in [4.69, 9.17) is 4.74 Å². The van der Waals surface area contributed by atoms with Crippen molar-refractivity contribution in [2.75, 3.05) is 6.54 Å². The second-order valence-corrected chi connectivity index (χ2v) is 4.61. The molecule has 1 aliphatic heterocycles. The molecule has 0 saturated carbocycles. The molecule has 14 heavy (non-hydrogen) atoms. The SMILES string of the molecule is CC(C)N1C[C@@H](c2cccs2)OC1=O. The maximum absolute atomic E-state index is 11.4. The average Bonchev–Trinajstić information content (AvgIpc) is 2.70. The van der Waals surface area contributed by atoms with Crippen LogP contribution in [0.5, 0.6) is 0 Å². The number of thiophene rings is 1. The van der Waals surface area contributed by atoms with E-state index in [1.165, 1.54) is 0 Å². The lowest BCUT2D eigenvalue weighted by molar-refractivity contribution is 0.131. The van der Waals surface area contributed by atoms with E-state index in [9.17, 15) is 4.79 Å². The molecule has 1 amide bonds. The summed E-state index contributed by atoms with van der Waals surface area (Å²) in [6.07, 6.45) is -0.261. The van der Waals surface area contributed by atoms with Gasteiger partial charge in [0.25, 0.3) is 0 Å². The number of hydrogen-bond donors (Lipinski definition) is 0. The van der Waals surface area contributed by atoms with E-state index in [1.54, 1.807) is 16.2 Å². The molecule has 0 N–H and O–H groups in total. The zero-order chi connectivity index (χ0) is 10.1. The Kier molecular flexibility index (Phi) is 2.46. The highest BCUT2D eigenvalue weighted by Gasteiger charge is 2.34. The molecule has 0 aliphatic carbocycles. The molecule has 1 fully saturated rings. The van der Waals surface area contributed by atoms with Gasteiger partial charge in [-0.2, -0.15) is 0 Å². The first-order valence-electron chi connectivity index (χ1n) is 4.69. The number of rotatable bonds is 2. The predicted molar refractivity (Wildman–Crippen MR) is 55.4 cm³/mol. The quantitative estimate of drug-likeness (QED) is 0.752. The van der Waals surface area contributed by atoms with E-state index in [2.05, 4.69) is 0 Å². The number of ether oxygens (including phenoxy) is 1. The molecular formula is C10H13NO2S. The topological polar surface area (TPSA) is 29.5 Å². The molecular weight excluding hydrogens is 198 g/mol. The van der Waals surface area contributed by atoms with Crippen LogP contribution in [0.4, 0.5) is 4.79 Å². The number of cyclic esters (lactones) is 1. The molecule has 1 atom stereocenters. The van der Waals surface area contributed by atoms with Crippen molar-refractivity contribution in [2.24, 2.45) is 0 Å². The van der Waals surface area contributed by atoms with E-state index >= 15 is 0 Å². The zero-order valence-corrected chi connectivity index (χ0v) is 9.08. The second kappa shape index (κ2) is 3.61. The highest BCUT2D eigenvalue weighted by atomic mass is 32.1. The number of carbonyl (C=O) groups excluding carboxylic acids is 1. The van der Waals surface area contributed by atoms with E-state index in [-0.39, 0.29) is 18.2 Å². The highest BCUT2D eigenvalue weighted by molar-refractivity contribution is 7.10. The molecule has 3 nitrogen and oxygen atoms in total. The Morgan fingerprint density at radius 3 is 2.93 bits per heavy atom. The number of amides is 1. The molecule has 76 valence electrons. The fraction of sp³-hybridized carbons (Fsp3) is 0.500. The van der Waals surface area contributed by atoms with E-state index in [0.29, 0.717) is 6.54 Å². The lowest BCUT2D eigenvalue weighted by Crippen LogP contribution is -2.31. The summed E-state index contributed by atoms with van der Waals surface area (Å²) < 4.78 is 5.28. The summed E-state index contributed by atoms with van der Waals surface area (Å²) in [4.78, 5) is 14.3. The molecule has 0 aromatic carbocycles. The van der Waals surface area contributed by atoms with Crippen LogP contribution in [0.15, 0.2) is 17.5 Å². The predicted octanol–water partition coefficient (Wildman–Crippen LogP) is 2.65. The van der Waals surface area contributed by atoms with Crippen molar-refractivity contribution in [2.45, 2.75) is 26.0 Å². The van der Waals surface area contributed by atoms with E-state index < -0.39 is 0 Å². The summed E-state index contributed by atoms with van der Waals surface area (Å²) in [6, 6.07) is 4.20. The molecule has 0 radical (unpaired) electrons. The second-order valence-electron chi connectivity index (χ2n) is 3.63. The maximum atomic E-state index is 11.4. The molecule has 4 heteroatoms. The van der Waals surface area contributed by atoms with Crippen molar-refractivity contribution in [3.63, 3.8) is 0 Å². The third-order valence-corrected chi connectivity index (χ3v) is 3.29. The lowest BCUT2D eigenvalue weighted by Gasteiger charge is -2.16. The van der Waals surface area contributed by atoms with Crippen LogP contribution >= 0.6 is 11.3 Å². The number of nitrogens with zero attached hydrogens (tertiary/aromatic N) is 1. The van der Waals surface area contributed by atoms with Crippen molar-refractivity contribution in [3.05, 3.63) is 22.4 Å². The molecule has 1 aliphatic rings. The first-order chi connectivity index (χ1) is 6.68. The van der Waals surface area contributed by atoms with Crippen molar-refractivity contribution in [3.8, 4) is 0 Å². The van der Waals surface area contributed by atoms with Crippen molar-refractivity contribution >= 4 is 17.4 Å². The molecule has 2 rings (SSSR count). The van der Waals surface area contributed by atoms with Crippen LogP contribution in [0.3, 0.4) is 0 Å². The summed E-state index contributed by atoms with van der Waals surface area (Å²) in [7, 11) is 0. The minimum absolute atomic E-state index is 0.0649. The number of hydrogen-bond acceptors (Lipinski definition) is 3. The van der Waals surface area contributed by atoms with Gasteiger partial charge < -0.3 is 9.64 Å². The fourth-order valence-corrected chi connectivity index (χ4v) is 2.27. The molecule has 1 aromatic rings. The van der Waals surface area contributed by atoms with Gasteiger partial charge in [-0.3, -0.25) is 0 Å². The van der Waals surface area contributed by atoms with Gasteiger partial charge in [0.05, 0.1) is 6.54 Å². The highest BCUT2D eigenvalue weighted by Crippen LogP contribution is 2.29. The van der Waals surface area contributed by atoms with Crippen LogP contribution in [0, 0.1) is 0 Å². The van der Waals surface area contributed by atoms with Crippen molar-refractivity contribution in [1.82, 2.24) is 4.90 Å². The summed E-state index contributed by atoms with van der Waals surface area (Å²) >= 11 is 1.63. The Balaban J connectivity index is 2.10. The first kappa shape index (κ1) is 9.52. The molecule has 1 aromatic heterocycles. The van der Waals surface area contributed by atoms with Crippen LogP contribution in [0.2, 0.25) is 0 Å². The molecule has 0 spiro atoms. The Morgan fingerprint density at radius 2 is 2.43 bits per heavy atom. The van der Waals surface area contributed by atoms with E-state index in [0.717, 1.165) is 4.88 Å². The van der Waals surface area contributed by atoms with Crippen LogP contribution in [0.25, 0.3) is 0 Å². The maximum Gasteiger partial charge on any atom is 0.410 e. The smallest absolute Gasteiger partial charge is 0.410 e. The monoisotopic (exact) mass is 211 g/mol. The minimum atomic E-state index is -0.196. The van der Waals surface area contributed by atoms with Gasteiger partial charge in [0.15, 0.2) is 6.10 Å². The zero-order valence-electron chi connectivity index (χ0n) is 8.27. The fourth-order valence-electron chi connectivity index (χ4n) is 1.52. The van der Waals surface area contributed by atoms with Gasteiger partial charge in [-0.25, -0.2) is 4.79 Å². The summed E-state index contributed by atoms with van der Waals surface area (Å²) in [5.41, 5.74) is 0. The van der Waals surface area contributed by atoms with Gasteiger partial charge in [-0.05, 0) is 25.3 Å². The Hall–Kier alpha value is -1.03. The van der Waals surface area contributed by atoms with Crippen molar-refractivity contribution < 1.29 is 9.53 Å². The van der Waals surface area contributed by atoms with Gasteiger partial charge in [0.2, 0.25) is 0 Å². The lowest BCUT2D eigenvalue weighted by atomic mass is 10.2. The van der Waals surface area contributed by atoms with Crippen LogP contribution < -0.4 is 0 Å². The normalized spacial score (nSPS) is 21.8. The Labute approximate surface area is 87.3 Å². The largest absolute Gasteiger partial charge is 0.438 e. The summed E-state index contributed by atoms with van der Waals surface area (Å²) in [6.45, 7) is 4.67. The molecule has 1 saturated heterocycles. The van der Waals surface area contributed by atoms with Crippen molar-refractivity contribution in [1.29, 1.82) is 0 Å². The summed E-state index contributed by atoms with van der Waals surface area (Å²) in [5, 5.41) is 2.00. The van der Waals surface area contributed by atoms with Gasteiger partial charge in [-0.1, -0.05) is 6.07 Å². The molecule has 2 heterocycles. The average molecular weight is 211 g/mol. The van der Waals surface area contributed by atoms with Crippen LogP contribution in [-0.2, 0) is 4.74 Å². The number of carbonyl (C=O) groups is 1. The Morgan fingerprint density at radius 1 is 1.64 bits per heavy atom.